The van der Waals surface area contributed by atoms with Gasteiger partial charge in [0.2, 0.25) is 5.95 Å². The molecule has 3 heterocycles. The van der Waals surface area contributed by atoms with Gasteiger partial charge in [-0.25, -0.2) is 10.0 Å². The summed E-state index contributed by atoms with van der Waals surface area (Å²) in [7, 11) is 0. The van der Waals surface area contributed by atoms with Gasteiger partial charge in [0.05, 0.1) is 24.7 Å². The van der Waals surface area contributed by atoms with Crippen LogP contribution in [-0.4, -0.2) is 35.8 Å². The van der Waals surface area contributed by atoms with Crippen LogP contribution in [0, 0.1) is 11.4 Å². The Morgan fingerprint density at radius 1 is 1.50 bits per heavy atom. The van der Waals surface area contributed by atoms with Crippen LogP contribution < -0.4 is 0 Å². The van der Waals surface area contributed by atoms with Crippen molar-refractivity contribution in [1.29, 1.82) is 0 Å². The van der Waals surface area contributed by atoms with Gasteiger partial charge < -0.3 is 4.74 Å². The van der Waals surface area contributed by atoms with Crippen molar-refractivity contribution >= 4 is 5.91 Å². The number of halogens is 1. The van der Waals surface area contributed by atoms with Crippen molar-refractivity contribution in [2.24, 2.45) is 5.41 Å². The van der Waals surface area contributed by atoms with Crippen molar-refractivity contribution in [1.82, 2.24) is 10.0 Å². The molecule has 0 spiro atoms. The predicted molar refractivity (Wildman–Crippen MR) is 67.9 cm³/mol. The van der Waals surface area contributed by atoms with Gasteiger partial charge in [-0.1, -0.05) is 6.07 Å². The smallest absolute Gasteiger partial charge is 0.255 e. The topological polar surface area (TPSA) is 51.7 Å². The molecule has 2 aliphatic heterocycles. The van der Waals surface area contributed by atoms with Gasteiger partial charge in [-0.15, -0.1) is 0 Å². The molecule has 20 heavy (non-hydrogen) atoms. The monoisotopic (exact) mass is 280 g/mol. The molecular formula is C14H17FN2O3. The molecule has 2 atom stereocenters. The third-order valence-electron chi connectivity index (χ3n) is 3.98. The lowest BCUT2D eigenvalue weighted by atomic mass is 9.88. The lowest BCUT2D eigenvalue weighted by Crippen LogP contribution is -2.41. The second-order valence-electron chi connectivity index (χ2n) is 5.55. The number of amides is 1. The van der Waals surface area contributed by atoms with E-state index >= 15 is 0 Å². The number of hydrogen-bond acceptors (Lipinski definition) is 4. The highest BCUT2D eigenvalue weighted by Gasteiger charge is 2.45. The molecule has 1 aromatic heterocycles. The van der Waals surface area contributed by atoms with E-state index in [1.54, 1.807) is 6.07 Å². The lowest BCUT2D eigenvalue weighted by molar-refractivity contribution is -0.187. The zero-order valence-electron chi connectivity index (χ0n) is 11.3. The van der Waals surface area contributed by atoms with Crippen LogP contribution in [0.1, 0.15) is 31.4 Å². The van der Waals surface area contributed by atoms with Crippen LogP contribution in [0.15, 0.2) is 18.3 Å². The van der Waals surface area contributed by atoms with Crippen molar-refractivity contribution in [3.05, 3.63) is 29.8 Å². The van der Waals surface area contributed by atoms with Crippen LogP contribution in [0.4, 0.5) is 4.39 Å². The van der Waals surface area contributed by atoms with Gasteiger partial charge in [-0.05, 0) is 25.0 Å². The molecule has 3 rings (SSSR count). The average molecular weight is 280 g/mol. The highest BCUT2D eigenvalue weighted by molar-refractivity contribution is 5.82. The second-order valence-corrected chi connectivity index (χ2v) is 5.55. The summed E-state index contributed by atoms with van der Waals surface area (Å²) >= 11 is 0. The maximum Gasteiger partial charge on any atom is 0.255 e. The number of rotatable bonds is 2. The quantitative estimate of drug-likeness (QED) is 0.776. The van der Waals surface area contributed by atoms with Crippen molar-refractivity contribution in [3.63, 3.8) is 0 Å². The Balaban J connectivity index is 1.81. The van der Waals surface area contributed by atoms with E-state index in [1.807, 2.05) is 6.92 Å². The fourth-order valence-corrected chi connectivity index (χ4v) is 2.66. The van der Waals surface area contributed by atoms with Crippen LogP contribution >= 0.6 is 0 Å². The van der Waals surface area contributed by atoms with E-state index in [0.29, 0.717) is 32.7 Å². The lowest BCUT2D eigenvalue weighted by Gasteiger charge is -2.30. The van der Waals surface area contributed by atoms with Gasteiger partial charge >= 0.3 is 0 Å². The maximum absolute atomic E-state index is 12.9. The Labute approximate surface area is 116 Å². The number of carbonyl (C=O) groups excluding carboxylic acids is 1. The summed E-state index contributed by atoms with van der Waals surface area (Å²) in [5, 5.41) is 1.42. The first-order chi connectivity index (χ1) is 9.60. The Hall–Kier alpha value is -1.53. The van der Waals surface area contributed by atoms with E-state index in [9.17, 15) is 9.18 Å². The summed E-state index contributed by atoms with van der Waals surface area (Å²) in [6, 6.07) is 2.75. The first-order valence-electron chi connectivity index (χ1n) is 6.76. The van der Waals surface area contributed by atoms with Crippen LogP contribution in [0.2, 0.25) is 0 Å². The van der Waals surface area contributed by atoms with Gasteiger partial charge in [0.15, 0.2) is 0 Å². The summed E-state index contributed by atoms with van der Waals surface area (Å²) in [5.41, 5.74) is 0.260. The molecule has 1 aromatic rings. The maximum atomic E-state index is 12.9. The molecule has 0 bridgehead atoms. The normalized spacial score (nSPS) is 29.9. The molecule has 2 fully saturated rings. The Morgan fingerprint density at radius 3 is 3.00 bits per heavy atom. The largest absolute Gasteiger partial charge is 0.380 e. The number of hydroxylamine groups is 2. The van der Waals surface area contributed by atoms with Gasteiger partial charge in [0, 0.05) is 19.2 Å². The van der Waals surface area contributed by atoms with Gasteiger partial charge in [0.25, 0.3) is 5.91 Å². The zero-order chi connectivity index (χ0) is 14.2. The minimum absolute atomic E-state index is 0.0678. The molecule has 0 aliphatic carbocycles. The Kier molecular flexibility index (Phi) is 3.43. The fourth-order valence-electron chi connectivity index (χ4n) is 2.66. The van der Waals surface area contributed by atoms with Crippen LogP contribution in [-0.2, 0) is 14.4 Å². The Bertz CT molecular complexity index is 500. The molecular weight excluding hydrogens is 263 g/mol. The number of hydrogen-bond donors (Lipinski definition) is 0. The van der Waals surface area contributed by atoms with E-state index in [2.05, 4.69) is 4.98 Å². The summed E-state index contributed by atoms with van der Waals surface area (Å²) in [6.45, 7) is 3.38. The minimum atomic E-state index is -0.532. The average Bonchev–Trinajstić information content (AvgIpc) is 3.08. The van der Waals surface area contributed by atoms with Crippen LogP contribution in [0.3, 0.4) is 0 Å². The molecule has 0 radical (unpaired) electrons. The molecule has 0 aromatic carbocycles. The number of pyridine rings is 1. The summed E-state index contributed by atoms with van der Waals surface area (Å²) in [4.78, 5) is 21.8. The fraction of sp³-hybridized carbons (Fsp3) is 0.571. The highest BCUT2D eigenvalue weighted by atomic mass is 19.1. The van der Waals surface area contributed by atoms with E-state index in [4.69, 9.17) is 9.57 Å². The van der Waals surface area contributed by atoms with Crippen molar-refractivity contribution < 1.29 is 18.8 Å². The van der Waals surface area contributed by atoms with Gasteiger partial charge in [-0.2, -0.15) is 4.39 Å². The summed E-state index contributed by atoms with van der Waals surface area (Å²) < 4.78 is 18.2. The molecule has 108 valence electrons. The van der Waals surface area contributed by atoms with Gasteiger partial charge in [0.1, 0.15) is 0 Å². The van der Waals surface area contributed by atoms with Gasteiger partial charge in [-0.3, -0.25) is 9.63 Å². The standard InChI is InChI=1S/C14H17FN2O3/c1-14(5-7-19-9-14)13(18)17-11(4-6-20-17)10-2-3-12(15)16-8-10/h2-3,8,11H,4-7,9H2,1H3/t11-,14+/m0/s1. The van der Waals surface area contributed by atoms with Crippen LogP contribution in [0.5, 0.6) is 0 Å². The Morgan fingerprint density at radius 2 is 2.35 bits per heavy atom. The molecule has 2 saturated heterocycles. The number of carbonyl (C=O) groups is 1. The number of ether oxygens (including phenoxy) is 1. The van der Waals surface area contributed by atoms with E-state index in [-0.39, 0.29) is 11.9 Å². The number of aromatic nitrogens is 1. The molecule has 5 nitrogen and oxygen atoms in total. The second kappa shape index (κ2) is 5.10. The molecule has 2 aliphatic rings. The third kappa shape index (κ3) is 2.29. The first-order valence-corrected chi connectivity index (χ1v) is 6.76. The molecule has 0 unspecified atom stereocenters. The number of nitrogens with zero attached hydrogens (tertiary/aromatic N) is 2. The predicted octanol–water partition coefficient (Wildman–Crippen LogP) is 1.85. The minimum Gasteiger partial charge on any atom is -0.380 e. The summed E-state index contributed by atoms with van der Waals surface area (Å²) in [5.74, 6) is -0.594. The molecule has 0 saturated carbocycles. The van der Waals surface area contributed by atoms with Crippen molar-refractivity contribution in [2.45, 2.75) is 25.8 Å². The molecule has 1 amide bonds. The summed E-state index contributed by atoms with van der Waals surface area (Å²) in [6.07, 6.45) is 2.85. The molecule has 0 N–H and O–H groups in total. The highest BCUT2D eigenvalue weighted by Crippen LogP contribution is 2.37. The van der Waals surface area contributed by atoms with Crippen molar-refractivity contribution in [2.75, 3.05) is 19.8 Å². The zero-order valence-corrected chi connectivity index (χ0v) is 11.3. The van der Waals surface area contributed by atoms with E-state index in [1.165, 1.54) is 17.3 Å². The van der Waals surface area contributed by atoms with E-state index < -0.39 is 11.4 Å². The van der Waals surface area contributed by atoms with E-state index in [0.717, 1.165) is 5.56 Å². The van der Waals surface area contributed by atoms with Crippen LogP contribution in [0.25, 0.3) is 0 Å². The third-order valence-corrected chi connectivity index (χ3v) is 3.98. The first kappa shape index (κ1) is 13.5. The molecule has 6 heteroatoms. The SMILES string of the molecule is C[C@@]1(C(=O)N2OCC[C@H]2c2ccc(F)nc2)CCOC1. The van der Waals surface area contributed by atoms with Crippen molar-refractivity contribution in [3.8, 4) is 0 Å².